The SMILES string of the molecule is CCN1CCC[C@H]1CNCc1ccc(OCC(=O)NC(C)(C)C)c(OC)c1. The number of likely N-dealkylation sites (tertiary alicyclic amines) is 1. The summed E-state index contributed by atoms with van der Waals surface area (Å²) in [6, 6.07) is 6.49. The van der Waals surface area contributed by atoms with Gasteiger partial charge in [0.25, 0.3) is 5.91 Å². The topological polar surface area (TPSA) is 62.8 Å². The summed E-state index contributed by atoms with van der Waals surface area (Å²) in [6.45, 7) is 12.1. The molecule has 6 nitrogen and oxygen atoms in total. The van der Waals surface area contributed by atoms with Crippen LogP contribution in [0.4, 0.5) is 0 Å². The van der Waals surface area contributed by atoms with Crippen molar-refractivity contribution in [2.45, 2.75) is 58.7 Å². The maximum atomic E-state index is 11.9. The zero-order chi connectivity index (χ0) is 19.9. The first-order chi connectivity index (χ1) is 12.8. The van der Waals surface area contributed by atoms with Crippen LogP contribution in [-0.2, 0) is 11.3 Å². The van der Waals surface area contributed by atoms with Crippen molar-refractivity contribution in [2.75, 3.05) is 33.4 Å². The molecule has 1 aliphatic heterocycles. The van der Waals surface area contributed by atoms with Crippen LogP contribution in [0, 0.1) is 0 Å². The molecule has 0 saturated carbocycles. The van der Waals surface area contributed by atoms with E-state index in [9.17, 15) is 4.79 Å². The summed E-state index contributed by atoms with van der Waals surface area (Å²) in [5.41, 5.74) is 0.867. The van der Waals surface area contributed by atoms with Crippen molar-refractivity contribution in [2.24, 2.45) is 0 Å². The van der Waals surface area contributed by atoms with E-state index in [4.69, 9.17) is 9.47 Å². The Morgan fingerprint density at radius 3 is 2.74 bits per heavy atom. The van der Waals surface area contributed by atoms with Crippen LogP contribution < -0.4 is 20.1 Å². The maximum Gasteiger partial charge on any atom is 0.258 e. The fraction of sp³-hybridized carbons (Fsp3) is 0.667. The molecule has 1 fully saturated rings. The van der Waals surface area contributed by atoms with Gasteiger partial charge in [0.05, 0.1) is 7.11 Å². The Balaban J connectivity index is 1.85. The second-order valence-corrected chi connectivity index (χ2v) is 8.13. The zero-order valence-corrected chi connectivity index (χ0v) is 17.4. The second-order valence-electron chi connectivity index (χ2n) is 8.13. The molecule has 152 valence electrons. The Labute approximate surface area is 163 Å². The number of rotatable bonds is 9. The van der Waals surface area contributed by atoms with E-state index in [1.165, 1.54) is 19.4 Å². The molecular weight excluding hydrogens is 342 g/mol. The molecule has 0 spiro atoms. The number of hydrogen-bond donors (Lipinski definition) is 2. The number of ether oxygens (including phenoxy) is 2. The Morgan fingerprint density at radius 1 is 1.30 bits per heavy atom. The Bertz CT molecular complexity index is 613. The highest BCUT2D eigenvalue weighted by atomic mass is 16.5. The largest absolute Gasteiger partial charge is 0.493 e. The van der Waals surface area contributed by atoms with E-state index >= 15 is 0 Å². The molecule has 1 heterocycles. The van der Waals surface area contributed by atoms with Gasteiger partial charge in [0.15, 0.2) is 18.1 Å². The predicted octanol–water partition coefficient (Wildman–Crippen LogP) is 2.56. The third-order valence-electron chi connectivity index (χ3n) is 4.72. The van der Waals surface area contributed by atoms with E-state index in [0.29, 0.717) is 17.5 Å². The summed E-state index contributed by atoms with van der Waals surface area (Å²) in [5, 5.41) is 6.43. The molecule has 1 atom stereocenters. The minimum atomic E-state index is -0.271. The monoisotopic (exact) mass is 377 g/mol. The summed E-state index contributed by atoms with van der Waals surface area (Å²) in [6.07, 6.45) is 2.57. The van der Waals surface area contributed by atoms with Gasteiger partial charge in [-0.25, -0.2) is 0 Å². The highest BCUT2D eigenvalue weighted by molar-refractivity contribution is 5.78. The molecule has 27 heavy (non-hydrogen) atoms. The normalized spacial score (nSPS) is 17.7. The molecular formula is C21H35N3O3. The number of amides is 1. The molecule has 1 aromatic carbocycles. The van der Waals surface area contributed by atoms with Gasteiger partial charge in [-0.05, 0) is 64.4 Å². The minimum Gasteiger partial charge on any atom is -0.493 e. The van der Waals surface area contributed by atoms with E-state index in [-0.39, 0.29) is 18.1 Å². The van der Waals surface area contributed by atoms with Crippen molar-refractivity contribution in [3.8, 4) is 11.5 Å². The van der Waals surface area contributed by atoms with Gasteiger partial charge < -0.3 is 20.1 Å². The van der Waals surface area contributed by atoms with E-state index in [2.05, 4.69) is 22.5 Å². The van der Waals surface area contributed by atoms with Gasteiger partial charge in [-0.15, -0.1) is 0 Å². The molecule has 6 heteroatoms. The quantitative estimate of drug-likeness (QED) is 0.693. The smallest absolute Gasteiger partial charge is 0.258 e. The van der Waals surface area contributed by atoms with Crippen molar-refractivity contribution >= 4 is 5.91 Å². The first-order valence-electron chi connectivity index (χ1n) is 9.88. The Hall–Kier alpha value is -1.79. The van der Waals surface area contributed by atoms with Crippen molar-refractivity contribution in [1.29, 1.82) is 0 Å². The number of benzene rings is 1. The van der Waals surface area contributed by atoms with Crippen LogP contribution in [0.3, 0.4) is 0 Å². The van der Waals surface area contributed by atoms with Crippen LogP contribution in [-0.4, -0.2) is 55.7 Å². The van der Waals surface area contributed by atoms with E-state index in [0.717, 1.165) is 25.2 Å². The summed E-state index contributed by atoms with van der Waals surface area (Å²) in [7, 11) is 1.62. The van der Waals surface area contributed by atoms with Crippen LogP contribution in [0.5, 0.6) is 11.5 Å². The molecule has 0 radical (unpaired) electrons. The van der Waals surface area contributed by atoms with Gasteiger partial charge in [-0.3, -0.25) is 9.69 Å². The lowest BCUT2D eigenvalue weighted by molar-refractivity contribution is -0.124. The third kappa shape index (κ3) is 7.03. The highest BCUT2D eigenvalue weighted by Gasteiger charge is 2.22. The van der Waals surface area contributed by atoms with Gasteiger partial charge in [-0.2, -0.15) is 0 Å². The first-order valence-corrected chi connectivity index (χ1v) is 9.88. The molecule has 1 aliphatic rings. The van der Waals surface area contributed by atoms with Gasteiger partial charge in [0.1, 0.15) is 0 Å². The number of carbonyl (C=O) groups excluding carboxylic acids is 1. The van der Waals surface area contributed by atoms with E-state index in [1.54, 1.807) is 7.11 Å². The lowest BCUT2D eigenvalue weighted by Crippen LogP contribution is -2.43. The summed E-state index contributed by atoms with van der Waals surface area (Å²) in [4.78, 5) is 14.5. The second kappa shape index (κ2) is 9.95. The van der Waals surface area contributed by atoms with Crippen molar-refractivity contribution in [1.82, 2.24) is 15.5 Å². The van der Waals surface area contributed by atoms with Gasteiger partial charge in [0, 0.05) is 24.7 Å². The number of hydrogen-bond acceptors (Lipinski definition) is 5. The molecule has 1 amide bonds. The minimum absolute atomic E-state index is 0.0280. The molecule has 0 bridgehead atoms. The van der Waals surface area contributed by atoms with Gasteiger partial charge in [-0.1, -0.05) is 13.0 Å². The van der Waals surface area contributed by atoms with Crippen LogP contribution >= 0.6 is 0 Å². The zero-order valence-electron chi connectivity index (χ0n) is 17.4. The fourth-order valence-electron chi connectivity index (χ4n) is 3.46. The molecule has 1 aromatic rings. The van der Waals surface area contributed by atoms with Crippen molar-refractivity contribution in [3.05, 3.63) is 23.8 Å². The molecule has 0 unspecified atom stereocenters. The van der Waals surface area contributed by atoms with E-state index in [1.807, 2.05) is 39.0 Å². The summed E-state index contributed by atoms with van der Waals surface area (Å²) in [5.74, 6) is 1.08. The Kier molecular flexibility index (Phi) is 7.92. The van der Waals surface area contributed by atoms with Gasteiger partial charge >= 0.3 is 0 Å². The number of nitrogens with one attached hydrogen (secondary N) is 2. The van der Waals surface area contributed by atoms with Crippen LogP contribution in [0.25, 0.3) is 0 Å². The summed E-state index contributed by atoms with van der Waals surface area (Å²) >= 11 is 0. The summed E-state index contributed by atoms with van der Waals surface area (Å²) < 4.78 is 11.1. The molecule has 1 saturated heterocycles. The average molecular weight is 378 g/mol. The average Bonchev–Trinajstić information content (AvgIpc) is 3.06. The number of nitrogens with zero attached hydrogens (tertiary/aromatic N) is 1. The number of carbonyl (C=O) groups is 1. The van der Waals surface area contributed by atoms with Crippen molar-refractivity contribution < 1.29 is 14.3 Å². The maximum absolute atomic E-state index is 11.9. The first kappa shape index (κ1) is 21.5. The van der Waals surface area contributed by atoms with Crippen molar-refractivity contribution in [3.63, 3.8) is 0 Å². The number of likely N-dealkylation sites (N-methyl/N-ethyl adjacent to an activating group) is 1. The third-order valence-corrected chi connectivity index (χ3v) is 4.72. The standard InChI is InChI=1S/C21H35N3O3/c1-6-24-11-7-8-17(24)14-22-13-16-9-10-18(19(12-16)26-5)27-15-20(25)23-21(2,3)4/h9-10,12,17,22H,6-8,11,13-15H2,1-5H3,(H,23,25)/t17-/m0/s1. The molecule has 0 aliphatic carbocycles. The molecule has 0 aromatic heterocycles. The Morgan fingerprint density at radius 2 is 2.07 bits per heavy atom. The van der Waals surface area contributed by atoms with Crippen LogP contribution in [0.15, 0.2) is 18.2 Å². The molecule has 2 rings (SSSR count). The lowest BCUT2D eigenvalue weighted by atomic mass is 10.1. The van der Waals surface area contributed by atoms with E-state index < -0.39 is 0 Å². The lowest BCUT2D eigenvalue weighted by Gasteiger charge is -2.23. The van der Waals surface area contributed by atoms with Crippen LogP contribution in [0.1, 0.15) is 46.1 Å². The highest BCUT2D eigenvalue weighted by Crippen LogP contribution is 2.28. The fourth-order valence-corrected chi connectivity index (χ4v) is 3.46. The number of methoxy groups -OCH3 is 1. The predicted molar refractivity (Wildman–Crippen MR) is 108 cm³/mol. The molecule has 2 N–H and O–H groups in total. The van der Waals surface area contributed by atoms with Crippen LogP contribution in [0.2, 0.25) is 0 Å². The van der Waals surface area contributed by atoms with Gasteiger partial charge in [0.2, 0.25) is 0 Å².